The van der Waals surface area contributed by atoms with Gasteiger partial charge in [0.05, 0.1) is 6.21 Å². The number of hydrogen-bond donors (Lipinski definition) is 1. The highest BCUT2D eigenvalue weighted by molar-refractivity contribution is 5.95. The molecule has 0 aliphatic heterocycles. The van der Waals surface area contributed by atoms with Gasteiger partial charge in [-0.25, -0.2) is 0 Å². The van der Waals surface area contributed by atoms with Crippen LogP contribution in [-0.4, -0.2) is 25.8 Å². The predicted octanol–water partition coefficient (Wildman–Crippen LogP) is 2.64. The molecule has 0 heterocycles. The van der Waals surface area contributed by atoms with E-state index in [1.165, 1.54) is 12.7 Å². The quantitative estimate of drug-likeness (QED) is 0.654. The van der Waals surface area contributed by atoms with E-state index < -0.39 is 0 Å². The summed E-state index contributed by atoms with van der Waals surface area (Å²) >= 11 is 0. The van der Waals surface area contributed by atoms with Crippen molar-refractivity contribution < 1.29 is 9.63 Å². The minimum atomic E-state index is -0.0684. The number of oxime groups is 1. The van der Waals surface area contributed by atoms with Crippen LogP contribution >= 0.6 is 0 Å². The average molecular weight is 282 g/mol. The molecule has 2 aromatic carbocycles. The zero-order valence-corrected chi connectivity index (χ0v) is 12.0. The molecule has 0 aliphatic carbocycles. The van der Waals surface area contributed by atoms with Crippen molar-refractivity contribution in [2.75, 3.05) is 13.7 Å². The molecule has 0 bridgehead atoms. The van der Waals surface area contributed by atoms with Crippen LogP contribution < -0.4 is 5.32 Å². The van der Waals surface area contributed by atoms with Gasteiger partial charge in [-0.3, -0.25) is 4.79 Å². The smallest absolute Gasteiger partial charge is 0.251 e. The summed E-state index contributed by atoms with van der Waals surface area (Å²) in [5.74, 6) is -0.0684. The number of carbonyl (C=O) groups is 1. The lowest BCUT2D eigenvalue weighted by Gasteiger charge is -2.05. The van der Waals surface area contributed by atoms with Crippen molar-refractivity contribution in [1.29, 1.82) is 0 Å². The van der Waals surface area contributed by atoms with E-state index >= 15 is 0 Å². The fourth-order valence-corrected chi connectivity index (χ4v) is 1.90. The third kappa shape index (κ3) is 4.76. The average Bonchev–Trinajstić information content (AvgIpc) is 2.54. The fraction of sp³-hybridized carbons (Fsp3) is 0.176. The number of hydrogen-bond acceptors (Lipinski definition) is 3. The molecule has 0 saturated heterocycles. The lowest BCUT2D eigenvalue weighted by molar-refractivity contribution is 0.0954. The monoisotopic (exact) mass is 282 g/mol. The van der Waals surface area contributed by atoms with Gasteiger partial charge in [-0.1, -0.05) is 47.6 Å². The Morgan fingerprint density at radius 2 is 1.86 bits per heavy atom. The van der Waals surface area contributed by atoms with E-state index in [0.29, 0.717) is 12.1 Å². The van der Waals surface area contributed by atoms with Crippen LogP contribution in [0.4, 0.5) is 0 Å². The highest BCUT2D eigenvalue weighted by atomic mass is 16.6. The van der Waals surface area contributed by atoms with Gasteiger partial charge in [0.2, 0.25) is 0 Å². The first-order valence-electron chi connectivity index (χ1n) is 6.78. The van der Waals surface area contributed by atoms with Gasteiger partial charge in [-0.05, 0) is 29.7 Å². The molecule has 108 valence electrons. The molecule has 1 amide bonds. The molecule has 0 fully saturated rings. The van der Waals surface area contributed by atoms with Crippen LogP contribution in [0, 0.1) is 0 Å². The molecule has 2 aromatic rings. The lowest BCUT2D eigenvalue weighted by atomic mass is 10.1. The first kappa shape index (κ1) is 14.8. The Balaban J connectivity index is 1.84. The molecule has 0 aromatic heterocycles. The Hall–Kier alpha value is -2.62. The van der Waals surface area contributed by atoms with Crippen molar-refractivity contribution in [3.63, 3.8) is 0 Å². The summed E-state index contributed by atoms with van der Waals surface area (Å²) in [5.41, 5.74) is 2.74. The molecule has 2 rings (SSSR count). The van der Waals surface area contributed by atoms with Crippen LogP contribution in [0.1, 0.15) is 21.5 Å². The summed E-state index contributed by atoms with van der Waals surface area (Å²) in [6.45, 7) is 0.621. The number of amides is 1. The van der Waals surface area contributed by atoms with Gasteiger partial charge in [0.1, 0.15) is 7.11 Å². The Labute approximate surface area is 124 Å². The van der Waals surface area contributed by atoms with Crippen LogP contribution in [0.25, 0.3) is 0 Å². The fourth-order valence-electron chi connectivity index (χ4n) is 1.90. The molecule has 0 atom stereocenters. The van der Waals surface area contributed by atoms with Crippen molar-refractivity contribution in [1.82, 2.24) is 5.32 Å². The number of nitrogens with zero attached hydrogens (tertiary/aromatic N) is 1. The summed E-state index contributed by atoms with van der Waals surface area (Å²) in [7, 11) is 1.49. The Kier molecular flexibility index (Phi) is 5.52. The molecule has 1 N–H and O–H groups in total. The van der Waals surface area contributed by atoms with Crippen molar-refractivity contribution in [2.45, 2.75) is 6.42 Å². The third-order valence-electron chi connectivity index (χ3n) is 3.02. The zero-order valence-electron chi connectivity index (χ0n) is 12.0. The van der Waals surface area contributed by atoms with Crippen LogP contribution in [0.2, 0.25) is 0 Å². The van der Waals surface area contributed by atoms with Crippen molar-refractivity contribution >= 4 is 12.1 Å². The second-order valence-corrected chi connectivity index (χ2v) is 4.53. The molecule has 0 unspecified atom stereocenters. The Morgan fingerprint density at radius 1 is 1.14 bits per heavy atom. The van der Waals surface area contributed by atoms with Crippen LogP contribution in [-0.2, 0) is 11.3 Å². The van der Waals surface area contributed by atoms with E-state index in [2.05, 4.69) is 27.4 Å². The van der Waals surface area contributed by atoms with E-state index in [1.54, 1.807) is 18.3 Å². The summed E-state index contributed by atoms with van der Waals surface area (Å²) in [6, 6.07) is 17.3. The molecule has 21 heavy (non-hydrogen) atoms. The van der Waals surface area contributed by atoms with Gasteiger partial charge in [0.25, 0.3) is 5.91 Å². The molecule has 0 saturated carbocycles. The summed E-state index contributed by atoms with van der Waals surface area (Å²) in [4.78, 5) is 16.6. The highest BCUT2D eigenvalue weighted by Crippen LogP contribution is 2.03. The molecule has 0 spiro atoms. The number of nitrogens with one attached hydrogen (secondary N) is 1. The lowest BCUT2D eigenvalue weighted by Crippen LogP contribution is -2.25. The van der Waals surface area contributed by atoms with Gasteiger partial charge in [-0.15, -0.1) is 0 Å². The van der Waals surface area contributed by atoms with Crippen LogP contribution in [0.15, 0.2) is 59.8 Å². The summed E-state index contributed by atoms with van der Waals surface area (Å²) < 4.78 is 0. The predicted molar refractivity (Wildman–Crippen MR) is 83.5 cm³/mol. The van der Waals surface area contributed by atoms with Gasteiger partial charge >= 0.3 is 0 Å². The molecule has 4 heteroatoms. The van der Waals surface area contributed by atoms with E-state index in [-0.39, 0.29) is 5.91 Å². The molecule has 0 radical (unpaired) electrons. The third-order valence-corrected chi connectivity index (χ3v) is 3.02. The Bertz CT molecular complexity index is 592. The van der Waals surface area contributed by atoms with E-state index in [9.17, 15) is 4.79 Å². The largest absolute Gasteiger partial charge is 0.399 e. The van der Waals surface area contributed by atoms with E-state index in [1.807, 2.05) is 30.3 Å². The summed E-state index contributed by atoms with van der Waals surface area (Å²) in [6.07, 6.45) is 2.42. The number of rotatable bonds is 6. The van der Waals surface area contributed by atoms with Crippen molar-refractivity contribution in [2.24, 2.45) is 5.16 Å². The minimum Gasteiger partial charge on any atom is -0.399 e. The molecule has 4 nitrogen and oxygen atoms in total. The number of benzene rings is 2. The maximum atomic E-state index is 12.0. The first-order chi connectivity index (χ1) is 10.3. The first-order valence-corrected chi connectivity index (χ1v) is 6.78. The summed E-state index contributed by atoms with van der Waals surface area (Å²) in [5, 5.41) is 6.59. The van der Waals surface area contributed by atoms with Crippen LogP contribution in [0.3, 0.4) is 0 Å². The second kappa shape index (κ2) is 7.85. The molecule has 0 aliphatic rings. The van der Waals surface area contributed by atoms with Gasteiger partial charge < -0.3 is 10.2 Å². The maximum Gasteiger partial charge on any atom is 0.251 e. The van der Waals surface area contributed by atoms with Gasteiger partial charge in [0, 0.05) is 12.1 Å². The van der Waals surface area contributed by atoms with Crippen molar-refractivity contribution in [3.8, 4) is 0 Å². The Morgan fingerprint density at radius 3 is 2.52 bits per heavy atom. The molecular formula is C17H18N2O2. The highest BCUT2D eigenvalue weighted by Gasteiger charge is 2.04. The minimum absolute atomic E-state index is 0.0684. The molecular weight excluding hydrogens is 264 g/mol. The topological polar surface area (TPSA) is 50.7 Å². The standard InChI is InChI=1S/C17H18N2O2/c1-21-19-13-15-7-9-16(10-8-15)17(20)18-12-11-14-5-3-2-4-6-14/h2-10,13H,11-12H2,1H3,(H,18,20)/b19-13+. The normalized spacial score (nSPS) is 10.5. The van der Waals surface area contributed by atoms with Crippen LogP contribution in [0.5, 0.6) is 0 Å². The number of carbonyl (C=O) groups excluding carboxylic acids is 1. The maximum absolute atomic E-state index is 12.0. The SMILES string of the molecule is CO/N=C/c1ccc(C(=O)NCCc2ccccc2)cc1. The zero-order chi connectivity index (χ0) is 14.9. The van der Waals surface area contributed by atoms with Crippen molar-refractivity contribution in [3.05, 3.63) is 71.3 Å². The van der Waals surface area contributed by atoms with Gasteiger partial charge in [0.15, 0.2) is 0 Å². The van der Waals surface area contributed by atoms with E-state index in [0.717, 1.165) is 12.0 Å². The second-order valence-electron chi connectivity index (χ2n) is 4.53. The van der Waals surface area contributed by atoms with Gasteiger partial charge in [-0.2, -0.15) is 0 Å². The van der Waals surface area contributed by atoms with E-state index in [4.69, 9.17) is 0 Å².